The van der Waals surface area contributed by atoms with Crippen LogP contribution in [0.25, 0.3) is 22.0 Å². The van der Waals surface area contributed by atoms with E-state index in [-0.39, 0.29) is 11.3 Å². The molecular formula is C34H27F2N3O4. The number of methoxy groups -OCH3 is 1. The molecule has 0 aliphatic heterocycles. The highest BCUT2D eigenvalue weighted by Crippen LogP contribution is 2.40. The largest absolute Gasteiger partial charge is 0.497 e. The van der Waals surface area contributed by atoms with Gasteiger partial charge in [-0.1, -0.05) is 12.1 Å². The maximum atomic E-state index is 14.5. The van der Waals surface area contributed by atoms with Crippen LogP contribution in [0.5, 0.6) is 28.7 Å². The fraction of sp³-hybridized carbons (Fsp3) is 0.0882. The van der Waals surface area contributed by atoms with Gasteiger partial charge in [0.1, 0.15) is 34.3 Å². The van der Waals surface area contributed by atoms with Gasteiger partial charge in [-0.25, -0.2) is 8.78 Å². The number of ether oxygens (including phenoxy) is 3. The Labute approximate surface area is 245 Å². The minimum atomic E-state index is -0.820. The summed E-state index contributed by atoms with van der Waals surface area (Å²) in [7, 11) is 3.40. The van der Waals surface area contributed by atoms with E-state index in [9.17, 15) is 13.6 Å². The fourth-order valence-electron chi connectivity index (χ4n) is 4.90. The molecule has 2 aromatic heterocycles. The number of hydrogen-bond acceptors (Lipinski definition) is 5. The molecule has 6 aromatic rings. The van der Waals surface area contributed by atoms with Crippen molar-refractivity contribution in [3.63, 3.8) is 0 Å². The van der Waals surface area contributed by atoms with E-state index < -0.39 is 11.6 Å². The van der Waals surface area contributed by atoms with E-state index in [0.29, 0.717) is 40.3 Å². The van der Waals surface area contributed by atoms with Crippen molar-refractivity contribution in [1.29, 1.82) is 0 Å². The number of nitrogens with one attached hydrogen (secondary N) is 2. The molecule has 0 unspecified atom stereocenters. The van der Waals surface area contributed by atoms with Crippen molar-refractivity contribution < 1.29 is 23.0 Å². The van der Waals surface area contributed by atoms with Crippen LogP contribution in [0.4, 0.5) is 14.5 Å². The summed E-state index contributed by atoms with van der Waals surface area (Å²) < 4.78 is 47.0. The van der Waals surface area contributed by atoms with E-state index >= 15 is 0 Å². The Bertz CT molecular complexity index is 1980. The molecule has 4 aromatic carbocycles. The normalized spacial score (nSPS) is 11.0. The Kier molecular flexibility index (Phi) is 7.53. The van der Waals surface area contributed by atoms with Crippen molar-refractivity contribution in [3.8, 4) is 39.9 Å². The summed E-state index contributed by atoms with van der Waals surface area (Å²) in [6, 6.07) is 25.5. The SMILES string of the molecule is COc1ccc(Oc2cccc(CNc3ccc(Oc4ccc(F)cc4F)c(-c4cn(C)c5c(=O)[nH]ccc45)c3)c2)cc1. The Hall–Kier alpha value is -5.57. The quantitative estimate of drug-likeness (QED) is 0.181. The molecule has 0 atom stereocenters. The Morgan fingerprint density at radius 1 is 0.814 bits per heavy atom. The number of aryl methyl sites for hydroxylation is 1. The van der Waals surface area contributed by atoms with Crippen molar-refractivity contribution in [2.24, 2.45) is 7.05 Å². The van der Waals surface area contributed by atoms with Gasteiger partial charge in [0, 0.05) is 54.3 Å². The highest BCUT2D eigenvalue weighted by molar-refractivity contribution is 5.97. The second kappa shape index (κ2) is 11.7. The summed E-state index contributed by atoms with van der Waals surface area (Å²) in [5, 5.41) is 4.13. The predicted octanol–water partition coefficient (Wildman–Crippen LogP) is 8.02. The molecule has 0 aliphatic rings. The van der Waals surface area contributed by atoms with Gasteiger partial charge >= 0.3 is 0 Å². The highest BCUT2D eigenvalue weighted by Gasteiger charge is 2.18. The van der Waals surface area contributed by atoms with Crippen LogP contribution in [0.1, 0.15) is 5.56 Å². The molecule has 0 saturated heterocycles. The Morgan fingerprint density at radius 2 is 1.60 bits per heavy atom. The molecule has 0 fully saturated rings. The summed E-state index contributed by atoms with van der Waals surface area (Å²) in [5.41, 5.74) is 3.36. The van der Waals surface area contributed by atoms with E-state index in [4.69, 9.17) is 14.2 Å². The van der Waals surface area contributed by atoms with Gasteiger partial charge in [0.25, 0.3) is 5.56 Å². The van der Waals surface area contributed by atoms with E-state index in [0.717, 1.165) is 34.7 Å². The molecule has 0 saturated carbocycles. The lowest BCUT2D eigenvalue weighted by atomic mass is 10.0. The van der Waals surface area contributed by atoms with Crippen LogP contribution in [0.3, 0.4) is 0 Å². The van der Waals surface area contributed by atoms with Crippen LogP contribution in [-0.2, 0) is 13.6 Å². The molecule has 2 heterocycles. The van der Waals surface area contributed by atoms with Crippen LogP contribution < -0.4 is 25.1 Å². The van der Waals surface area contributed by atoms with Crippen LogP contribution in [-0.4, -0.2) is 16.7 Å². The third-order valence-corrected chi connectivity index (χ3v) is 6.97. The number of aromatic nitrogens is 2. The maximum Gasteiger partial charge on any atom is 0.272 e. The van der Waals surface area contributed by atoms with Gasteiger partial charge in [0.15, 0.2) is 11.6 Å². The zero-order valence-corrected chi connectivity index (χ0v) is 23.4. The second-order valence-electron chi connectivity index (χ2n) is 9.89. The zero-order chi connectivity index (χ0) is 29.9. The van der Waals surface area contributed by atoms with E-state index in [1.165, 1.54) is 6.07 Å². The number of fused-ring (bicyclic) bond motifs is 1. The molecule has 2 N–H and O–H groups in total. The number of pyridine rings is 1. The lowest BCUT2D eigenvalue weighted by molar-refractivity contribution is 0.413. The minimum Gasteiger partial charge on any atom is -0.497 e. The van der Waals surface area contributed by atoms with Gasteiger partial charge in [-0.05, 0) is 78.4 Å². The van der Waals surface area contributed by atoms with E-state index in [1.54, 1.807) is 31.0 Å². The maximum absolute atomic E-state index is 14.5. The summed E-state index contributed by atoms with van der Waals surface area (Å²) in [4.78, 5) is 15.3. The second-order valence-corrected chi connectivity index (χ2v) is 9.89. The zero-order valence-electron chi connectivity index (χ0n) is 23.4. The first kappa shape index (κ1) is 27.6. The molecule has 0 bridgehead atoms. The first-order chi connectivity index (χ1) is 20.9. The smallest absolute Gasteiger partial charge is 0.272 e. The van der Waals surface area contributed by atoms with Gasteiger partial charge in [-0.3, -0.25) is 4.79 Å². The average Bonchev–Trinajstić information content (AvgIpc) is 3.35. The summed E-state index contributed by atoms with van der Waals surface area (Å²) in [5.74, 6) is 0.845. The molecule has 7 nitrogen and oxygen atoms in total. The summed E-state index contributed by atoms with van der Waals surface area (Å²) in [6.07, 6.45) is 3.41. The summed E-state index contributed by atoms with van der Waals surface area (Å²) >= 11 is 0. The Morgan fingerprint density at radius 3 is 2.40 bits per heavy atom. The van der Waals surface area contributed by atoms with Gasteiger partial charge < -0.3 is 29.1 Å². The Balaban J connectivity index is 1.30. The van der Waals surface area contributed by atoms with Crippen LogP contribution in [0.2, 0.25) is 0 Å². The molecule has 0 amide bonds. The number of nitrogens with zero attached hydrogens (tertiary/aromatic N) is 1. The molecular weight excluding hydrogens is 552 g/mol. The third-order valence-electron chi connectivity index (χ3n) is 6.97. The lowest BCUT2D eigenvalue weighted by Gasteiger charge is -2.15. The minimum absolute atomic E-state index is 0.116. The average molecular weight is 580 g/mol. The van der Waals surface area contributed by atoms with Crippen LogP contribution in [0.15, 0.2) is 108 Å². The number of halogens is 2. The fourth-order valence-corrected chi connectivity index (χ4v) is 4.90. The summed E-state index contributed by atoms with van der Waals surface area (Å²) in [6.45, 7) is 0.487. The van der Waals surface area contributed by atoms with Crippen molar-refractivity contribution in [2.75, 3.05) is 12.4 Å². The number of anilines is 1. The molecule has 216 valence electrons. The van der Waals surface area contributed by atoms with Gasteiger partial charge in [-0.2, -0.15) is 0 Å². The third kappa shape index (κ3) is 5.92. The standard InChI is InChI=1S/C34H27F2N3O4/c1-39-20-29(27-14-15-37-34(40)33(27)39)28-18-23(7-13-31(28)43-32-12-6-22(35)17-30(32)36)38-19-21-4-3-5-26(16-21)42-25-10-8-24(41-2)9-11-25/h3-18,20,38H,19H2,1-2H3,(H,37,40). The first-order valence-electron chi connectivity index (χ1n) is 13.5. The van der Waals surface area contributed by atoms with Gasteiger partial charge in [-0.15, -0.1) is 0 Å². The lowest BCUT2D eigenvalue weighted by Crippen LogP contribution is -2.07. The number of H-pyrrole nitrogens is 1. The number of benzene rings is 4. The van der Waals surface area contributed by atoms with E-state index in [1.807, 2.05) is 72.9 Å². The van der Waals surface area contributed by atoms with Crippen molar-refractivity contribution in [2.45, 2.75) is 6.54 Å². The van der Waals surface area contributed by atoms with Crippen LogP contribution in [0, 0.1) is 11.6 Å². The van der Waals surface area contributed by atoms with Crippen LogP contribution >= 0.6 is 0 Å². The van der Waals surface area contributed by atoms with Gasteiger partial charge in [0.2, 0.25) is 0 Å². The number of rotatable bonds is 9. The van der Waals surface area contributed by atoms with Crippen molar-refractivity contribution in [3.05, 3.63) is 131 Å². The van der Waals surface area contributed by atoms with Gasteiger partial charge in [0.05, 0.1) is 7.11 Å². The van der Waals surface area contributed by atoms with E-state index in [2.05, 4.69) is 10.3 Å². The number of hydrogen-bond donors (Lipinski definition) is 2. The molecule has 6 rings (SSSR count). The predicted molar refractivity (Wildman–Crippen MR) is 162 cm³/mol. The van der Waals surface area contributed by atoms with Crippen molar-refractivity contribution in [1.82, 2.24) is 9.55 Å². The molecule has 0 aliphatic carbocycles. The molecule has 9 heteroatoms. The molecule has 0 radical (unpaired) electrons. The number of aromatic amines is 1. The highest BCUT2D eigenvalue weighted by atomic mass is 19.1. The van der Waals surface area contributed by atoms with Crippen molar-refractivity contribution >= 4 is 16.6 Å². The first-order valence-corrected chi connectivity index (χ1v) is 13.5. The molecule has 0 spiro atoms. The monoisotopic (exact) mass is 579 g/mol. The molecule has 43 heavy (non-hydrogen) atoms. The topological polar surface area (TPSA) is 77.5 Å².